The van der Waals surface area contributed by atoms with Crippen molar-refractivity contribution in [3.05, 3.63) is 88.8 Å². The van der Waals surface area contributed by atoms with E-state index in [4.69, 9.17) is 28.4 Å². The highest BCUT2D eigenvalue weighted by atomic mass is 16.6. The van der Waals surface area contributed by atoms with Gasteiger partial charge in [0.1, 0.15) is 12.4 Å². The van der Waals surface area contributed by atoms with Crippen molar-refractivity contribution in [1.82, 2.24) is 20.0 Å². The molecule has 5 aliphatic rings. The first-order chi connectivity index (χ1) is 43.1. The monoisotopic (exact) mass is 1260 g/mol. The van der Waals surface area contributed by atoms with Crippen LogP contribution in [0, 0.1) is 23.2 Å². The van der Waals surface area contributed by atoms with Crippen molar-refractivity contribution < 1.29 is 86.9 Å². The Morgan fingerprint density at radius 3 is 2.01 bits per heavy atom. The lowest BCUT2D eigenvalue weighted by atomic mass is 9.80. The summed E-state index contributed by atoms with van der Waals surface area (Å²) in [7, 11) is 4.38. The molecule has 3 aromatic rings. The Balaban J connectivity index is 0.812. The predicted octanol–water partition coefficient (Wildman–Crippen LogP) is 6.59. The Labute approximate surface area is 529 Å². The summed E-state index contributed by atoms with van der Waals surface area (Å²) < 4.78 is 35.0. The number of ketones is 2. The van der Waals surface area contributed by atoms with Crippen LogP contribution in [0.15, 0.2) is 72.1 Å². The molecule has 5 aliphatic heterocycles. The molecule has 3 aromatic carbocycles. The van der Waals surface area contributed by atoms with Crippen LogP contribution in [0.25, 0.3) is 0 Å². The second-order valence-electron chi connectivity index (χ2n) is 25.4. The largest absolute Gasteiger partial charge is 0.493 e. The zero-order chi connectivity index (χ0) is 66.4. The number of hydrogen-bond donors (Lipinski definition) is 5. The molecule has 1 fully saturated rings. The number of likely N-dealkylation sites (N-methyl/N-ethyl adjacent to an activating group) is 1. The number of aliphatic hydroxyl groups excluding tert-OH is 2. The van der Waals surface area contributed by atoms with Crippen molar-refractivity contribution in [1.29, 1.82) is 0 Å². The van der Waals surface area contributed by atoms with E-state index in [1.807, 2.05) is 27.7 Å². The van der Waals surface area contributed by atoms with Gasteiger partial charge in [-0.3, -0.25) is 48.2 Å². The van der Waals surface area contributed by atoms with Crippen LogP contribution < -0.4 is 39.4 Å². The number of ether oxygens (including phenoxy) is 6. The van der Waals surface area contributed by atoms with Gasteiger partial charge in [-0.1, -0.05) is 64.8 Å². The molecule has 7 amide bonds. The number of nitrogens with one attached hydrogen (secondary N) is 2. The number of amides is 7. The lowest BCUT2D eigenvalue weighted by Gasteiger charge is -2.38. The lowest BCUT2D eigenvalue weighted by Crippen LogP contribution is -2.58. The third-order valence-corrected chi connectivity index (χ3v) is 17.1. The SMILES string of the molecule is COc1cc2c(cc1OCCCOc1cc3c(cc1OC)C(=O)N1C=C(C)C[C@H]1C(O)N3C(=O)OCc1ccc(NC(=O)[C@H](C)CC(=O)[C@@H](NC(=O)CCOCCCC(=O)CCN3C(=O)CC(C(C)(C)C)C3=O)C(C)C)cc1)N(C)C(O)[C@]1(O)CC(C)=CN1C2=O. The number of imide groups is 1. The highest BCUT2D eigenvalue weighted by Gasteiger charge is 2.53. The normalized spacial score (nSPS) is 21.0. The van der Waals surface area contributed by atoms with Crippen LogP contribution in [0.5, 0.6) is 23.0 Å². The number of likely N-dealkylation sites (tertiary alicyclic amines) is 1. The fourth-order valence-corrected chi connectivity index (χ4v) is 11.9. The molecule has 0 spiro atoms. The van der Waals surface area contributed by atoms with Crippen LogP contribution in [0.2, 0.25) is 0 Å². The molecule has 0 saturated carbocycles. The summed E-state index contributed by atoms with van der Waals surface area (Å²) >= 11 is 0. The molecule has 0 aromatic heterocycles. The summed E-state index contributed by atoms with van der Waals surface area (Å²) in [6, 6.07) is 10.6. The van der Waals surface area contributed by atoms with Crippen LogP contribution >= 0.6 is 0 Å². The van der Waals surface area contributed by atoms with Crippen LogP contribution in [-0.4, -0.2) is 168 Å². The quantitative estimate of drug-likeness (QED) is 0.0397. The highest BCUT2D eigenvalue weighted by molar-refractivity contribution is 6.07. The van der Waals surface area contributed by atoms with E-state index in [9.17, 15) is 58.5 Å². The second-order valence-corrected chi connectivity index (χ2v) is 25.4. The van der Waals surface area contributed by atoms with E-state index in [-0.39, 0.29) is 165 Å². The number of hydrogen-bond acceptors (Lipinski definition) is 19. The molecule has 91 heavy (non-hydrogen) atoms. The maximum absolute atomic E-state index is 14.3. The number of carbonyl (C=O) groups excluding carboxylic acids is 9. The molecule has 7 atom stereocenters. The third-order valence-electron chi connectivity index (χ3n) is 17.1. The predicted molar refractivity (Wildman–Crippen MR) is 332 cm³/mol. The molecule has 8 rings (SSSR count). The van der Waals surface area contributed by atoms with Gasteiger partial charge in [-0.25, -0.2) is 9.69 Å². The fraction of sp³-hybridized carbons (Fsp3) is 0.530. The van der Waals surface area contributed by atoms with Gasteiger partial charge in [-0.05, 0) is 67.9 Å². The van der Waals surface area contributed by atoms with Gasteiger partial charge in [0.25, 0.3) is 11.8 Å². The van der Waals surface area contributed by atoms with Crippen molar-refractivity contribution in [2.45, 2.75) is 150 Å². The summed E-state index contributed by atoms with van der Waals surface area (Å²) in [6.45, 7) is 14.6. The van der Waals surface area contributed by atoms with E-state index >= 15 is 0 Å². The van der Waals surface area contributed by atoms with Crippen molar-refractivity contribution >= 4 is 70.2 Å². The zero-order valence-corrected chi connectivity index (χ0v) is 53.6. The minimum absolute atomic E-state index is 0.000648. The maximum Gasteiger partial charge on any atom is 0.416 e. The van der Waals surface area contributed by atoms with Gasteiger partial charge in [0.2, 0.25) is 23.6 Å². The van der Waals surface area contributed by atoms with Crippen molar-refractivity contribution in [2.24, 2.45) is 23.2 Å². The lowest BCUT2D eigenvalue weighted by molar-refractivity contribution is -0.140. The molecule has 492 valence electrons. The van der Waals surface area contributed by atoms with Gasteiger partial charge in [-0.2, -0.15) is 0 Å². The van der Waals surface area contributed by atoms with Gasteiger partial charge in [0, 0.05) is 101 Å². The van der Waals surface area contributed by atoms with E-state index in [0.717, 1.165) is 20.9 Å². The number of anilines is 3. The van der Waals surface area contributed by atoms with Crippen molar-refractivity contribution in [2.75, 3.05) is 69.4 Å². The molecule has 25 nitrogen and oxygen atoms in total. The van der Waals surface area contributed by atoms with Crippen LogP contribution in [0.4, 0.5) is 21.9 Å². The average Bonchev–Trinajstić information content (AvgIpc) is 1.62. The molecule has 3 unspecified atom stereocenters. The third kappa shape index (κ3) is 15.3. The summed E-state index contributed by atoms with van der Waals surface area (Å²) in [4.78, 5) is 126. The first-order valence-electron chi connectivity index (χ1n) is 30.7. The number of rotatable bonds is 27. The molecular weight excluding hydrogens is 1180 g/mol. The molecule has 1 saturated heterocycles. The Hall–Kier alpha value is -8.39. The number of benzene rings is 3. The van der Waals surface area contributed by atoms with Gasteiger partial charge in [0.05, 0.1) is 74.5 Å². The summed E-state index contributed by atoms with van der Waals surface area (Å²) in [5.74, 6) is -3.50. The average molecular weight is 1260 g/mol. The summed E-state index contributed by atoms with van der Waals surface area (Å²) in [6.07, 6.45) is 0.323. The topological polar surface area (TPSA) is 310 Å². The Kier molecular flexibility index (Phi) is 21.7. The molecule has 5 heterocycles. The standard InChI is InChI=1S/C66H85N7O18/c1-37(2)57(68-55(76)20-25-88-22-12-14-43(74)19-21-70-56(77)30-46(61(70)81)65(6,7)8)50(75)27-40(5)58(78)67-42-17-15-41(16-18-42)36-91-64(84)73-48-32-54(52(87-11)29-45(48)59(79)71-34-38(3)26-49(71)62(73)82)90-24-13-23-89-53-31-47-44(28-51(53)86-10)60(80)72-35-39(4)33-66(72,85)63(83)69(47)9/h15-18,28-29,31-32,34-35,37,40,46,49,57,62-63,82-83,85H,12-14,19-27,30,33,36H2,1-11H3,(H,67,78)(H,68,76)/t40-,46?,49+,57+,62?,63?,66-/m1/s1. The van der Waals surface area contributed by atoms with E-state index in [1.165, 1.54) is 53.3 Å². The van der Waals surface area contributed by atoms with Gasteiger partial charge in [0.15, 0.2) is 47.0 Å². The molecule has 0 bridgehead atoms. The first kappa shape index (κ1) is 68.5. The van der Waals surface area contributed by atoms with Crippen molar-refractivity contribution in [3.8, 4) is 23.0 Å². The van der Waals surface area contributed by atoms with Crippen LogP contribution in [0.1, 0.15) is 139 Å². The van der Waals surface area contributed by atoms with E-state index in [0.29, 0.717) is 23.4 Å². The Morgan fingerprint density at radius 1 is 0.758 bits per heavy atom. The number of fused-ring (bicyclic) bond motifs is 4. The second kappa shape index (κ2) is 28.8. The summed E-state index contributed by atoms with van der Waals surface area (Å²) in [5, 5.41) is 40.3. The highest BCUT2D eigenvalue weighted by Crippen LogP contribution is 2.46. The van der Waals surface area contributed by atoms with Gasteiger partial charge < -0.3 is 64.2 Å². The van der Waals surface area contributed by atoms with Crippen molar-refractivity contribution in [3.63, 3.8) is 0 Å². The molecule has 0 radical (unpaired) electrons. The Morgan fingerprint density at radius 2 is 1.40 bits per heavy atom. The Bertz CT molecular complexity index is 3360. The smallest absolute Gasteiger partial charge is 0.416 e. The van der Waals surface area contributed by atoms with Crippen LogP contribution in [-0.2, 0) is 44.8 Å². The van der Waals surface area contributed by atoms with E-state index < -0.39 is 71.8 Å². The number of aliphatic hydroxyl groups is 3. The van der Waals surface area contributed by atoms with Gasteiger partial charge in [-0.15, -0.1) is 0 Å². The number of methoxy groups -OCH3 is 2. The number of Topliss-reactive ketones (excluding diaryl/α,β-unsaturated/α-hetero) is 2. The minimum atomic E-state index is -1.89. The zero-order valence-electron chi connectivity index (χ0n) is 53.6. The van der Waals surface area contributed by atoms with Crippen LogP contribution in [0.3, 0.4) is 0 Å². The fourth-order valence-electron chi connectivity index (χ4n) is 11.9. The van der Waals surface area contributed by atoms with E-state index in [1.54, 1.807) is 71.3 Å². The molecule has 5 N–H and O–H groups in total. The number of carbonyl (C=O) groups is 9. The summed E-state index contributed by atoms with van der Waals surface area (Å²) in [5.41, 5.74) is 0.713. The maximum atomic E-state index is 14.3. The minimum Gasteiger partial charge on any atom is -0.493 e. The molecule has 25 heteroatoms. The molecular formula is C66H85N7O18. The first-order valence-corrected chi connectivity index (χ1v) is 30.7. The molecule has 0 aliphatic carbocycles. The van der Waals surface area contributed by atoms with E-state index in [2.05, 4.69) is 10.6 Å². The number of nitrogens with zero attached hydrogens (tertiary/aromatic N) is 5. The van der Waals surface area contributed by atoms with Gasteiger partial charge >= 0.3 is 6.09 Å².